The van der Waals surface area contributed by atoms with Gasteiger partial charge in [-0.15, -0.1) is 0 Å². The van der Waals surface area contributed by atoms with Crippen LogP contribution in [0.5, 0.6) is 0 Å². The molecule has 0 aliphatic heterocycles. The highest BCUT2D eigenvalue weighted by Gasteiger charge is 2.61. The molecule has 5 aliphatic rings. The monoisotopic (exact) mass is 912 g/mol. The molecule has 0 heterocycles. The van der Waals surface area contributed by atoms with Crippen LogP contribution in [0.2, 0.25) is 5.02 Å². The van der Waals surface area contributed by atoms with E-state index in [0.29, 0.717) is 59.9 Å². The third-order valence-corrected chi connectivity index (χ3v) is 15.5. The third-order valence-electron chi connectivity index (χ3n) is 15.2. The third kappa shape index (κ3) is 13.5. The predicted octanol–water partition coefficient (Wildman–Crippen LogP) is 14.3. The van der Waals surface area contributed by atoms with Crippen LogP contribution in [0.1, 0.15) is 187 Å². The molecule has 1 amide bonds. The van der Waals surface area contributed by atoms with Crippen molar-refractivity contribution in [1.82, 2.24) is 4.90 Å². The van der Waals surface area contributed by atoms with Gasteiger partial charge in [-0.2, -0.15) is 0 Å². The Morgan fingerprint density at radius 3 is 2.00 bits per heavy atom. The second-order valence-electron chi connectivity index (χ2n) is 22.5. The van der Waals surface area contributed by atoms with E-state index in [0.717, 1.165) is 62.4 Å². The second-order valence-corrected chi connectivity index (χ2v) is 22.9. The Morgan fingerprint density at radius 1 is 0.859 bits per heavy atom. The Kier molecular flexibility index (Phi) is 19.9. The largest absolute Gasteiger partial charge is 0.462 e. The Morgan fingerprint density at radius 2 is 1.45 bits per heavy atom. The number of amides is 1. The average Bonchev–Trinajstić information content (AvgIpc) is 3.54. The molecule has 0 saturated heterocycles. The van der Waals surface area contributed by atoms with Gasteiger partial charge in [0.25, 0.3) is 0 Å². The molecule has 0 bridgehead atoms. The van der Waals surface area contributed by atoms with Crippen LogP contribution in [0.4, 0.5) is 4.79 Å². The summed E-state index contributed by atoms with van der Waals surface area (Å²) in [5, 5.41) is 0.662. The minimum absolute atomic E-state index is 0.0417. The number of ketones is 1. The molecule has 0 N–H and O–H groups in total. The smallest absolute Gasteiger partial charge is 0.410 e. The lowest BCUT2D eigenvalue weighted by atomic mass is 9.42. The van der Waals surface area contributed by atoms with E-state index in [4.69, 9.17) is 25.8 Å². The number of fused-ring (bicyclic) bond motifs is 7. The van der Waals surface area contributed by atoms with E-state index < -0.39 is 11.0 Å². The normalized spacial score (nSPS) is 29.7. The summed E-state index contributed by atoms with van der Waals surface area (Å²) in [6.07, 6.45) is 10.5. The number of hydrogen-bond acceptors (Lipinski definition) is 7. The Balaban J connectivity index is 0.000000993. The standard InChI is InChI=1S/C46H66ClNO6.C5H12O.2C2H6/c1-28(2)40-37(50)24-46(22-23-48(42(52)54-43(4,5)6)26-30-10-12-31(47)13-11-30)21-18-32-33-14-16-35-29(3)38(53-39(51)25-44(7,8)27-49)19-20-45(35,9)36(33)17-15-34(32)41(40)46;1-5(2,3)6-4;2*1-2/h10-13,27-29,32-36,38H,14-26H2,1-9H3;1-4H3;2*1-2H3/t29?,32?,33?,34?,35-,36?,38?,45?,46?;;;/m0.../s1. The summed E-state index contributed by atoms with van der Waals surface area (Å²) >= 11 is 6.20. The van der Waals surface area contributed by atoms with Crippen molar-refractivity contribution in [2.45, 2.75) is 205 Å². The Bertz CT molecular complexity index is 1740. The maximum atomic E-state index is 14.1. The van der Waals surface area contributed by atoms with Gasteiger partial charge >= 0.3 is 12.1 Å². The van der Waals surface area contributed by atoms with Crippen LogP contribution in [0.15, 0.2) is 35.4 Å². The van der Waals surface area contributed by atoms with Crippen molar-refractivity contribution in [2.24, 2.45) is 57.7 Å². The fourth-order valence-electron chi connectivity index (χ4n) is 12.3. The van der Waals surface area contributed by atoms with Gasteiger partial charge in [-0.05, 0) is 169 Å². The number of Topliss-reactive ketones (excluding diaryl/α,β-unsaturated/α-hetero) is 1. The predicted molar refractivity (Wildman–Crippen MR) is 262 cm³/mol. The SMILES string of the molecule is CC.CC.CC(C)C1=C2C3CCC4C(CC[C@H]5C(C)C(OC(=O)CC(C)(C)C=O)CCC45C)C3CCC2(CCN(Cc2ccc(Cl)cc2)C(=O)OC(C)(C)C)CC1=O.COC(C)(C)C. The van der Waals surface area contributed by atoms with E-state index in [1.165, 1.54) is 18.4 Å². The van der Waals surface area contributed by atoms with E-state index in [1.54, 1.807) is 21.0 Å². The fourth-order valence-corrected chi connectivity index (χ4v) is 12.4. The van der Waals surface area contributed by atoms with Crippen LogP contribution in [-0.2, 0) is 35.1 Å². The summed E-state index contributed by atoms with van der Waals surface area (Å²) < 4.78 is 17.0. The van der Waals surface area contributed by atoms with Crippen LogP contribution >= 0.6 is 11.6 Å². The molecule has 364 valence electrons. The molecule has 8 unspecified atom stereocenters. The first kappa shape index (κ1) is 55.6. The van der Waals surface area contributed by atoms with Crippen molar-refractivity contribution in [2.75, 3.05) is 13.7 Å². The fraction of sp³-hybridized carbons (Fsp3) is 0.782. The molecule has 4 saturated carbocycles. The maximum Gasteiger partial charge on any atom is 0.410 e. The molecule has 8 nitrogen and oxygen atoms in total. The Labute approximate surface area is 395 Å². The quantitative estimate of drug-likeness (QED) is 0.170. The molecule has 9 atom stereocenters. The molecule has 0 aromatic heterocycles. The van der Waals surface area contributed by atoms with Gasteiger partial charge in [-0.3, -0.25) is 9.59 Å². The highest BCUT2D eigenvalue weighted by molar-refractivity contribution is 6.30. The molecule has 5 aliphatic carbocycles. The van der Waals surface area contributed by atoms with Crippen molar-refractivity contribution < 1.29 is 33.4 Å². The summed E-state index contributed by atoms with van der Waals surface area (Å²) in [5.41, 5.74) is 2.22. The van der Waals surface area contributed by atoms with Gasteiger partial charge < -0.3 is 23.9 Å². The molecule has 6 rings (SSSR count). The van der Waals surface area contributed by atoms with Crippen LogP contribution in [0.25, 0.3) is 0 Å². The highest BCUT2D eigenvalue weighted by Crippen LogP contribution is 2.68. The summed E-state index contributed by atoms with van der Waals surface area (Å²) in [7, 11) is 1.71. The van der Waals surface area contributed by atoms with Crippen molar-refractivity contribution in [1.29, 1.82) is 0 Å². The molecule has 4 fully saturated rings. The number of halogens is 1. The topological polar surface area (TPSA) is 99.2 Å². The first-order valence-corrected chi connectivity index (χ1v) is 25.4. The Hall–Kier alpha value is -2.71. The molecule has 0 radical (unpaired) electrons. The van der Waals surface area contributed by atoms with Crippen molar-refractivity contribution in [3.8, 4) is 0 Å². The number of carbonyl (C=O) groups excluding carboxylic acids is 4. The van der Waals surface area contributed by atoms with Crippen molar-refractivity contribution in [3.63, 3.8) is 0 Å². The molecule has 1 aromatic carbocycles. The number of nitrogens with zero attached hydrogens (tertiary/aromatic N) is 1. The maximum absolute atomic E-state index is 14.1. The van der Waals surface area contributed by atoms with Crippen molar-refractivity contribution in [3.05, 3.63) is 46.0 Å². The number of aldehydes is 1. The summed E-state index contributed by atoms with van der Waals surface area (Å²) in [4.78, 5) is 54.0. The van der Waals surface area contributed by atoms with Crippen LogP contribution in [0, 0.1) is 57.7 Å². The van der Waals surface area contributed by atoms with E-state index in [2.05, 4.69) is 27.7 Å². The van der Waals surface area contributed by atoms with Crippen LogP contribution in [0.3, 0.4) is 0 Å². The second kappa shape index (κ2) is 22.9. The first-order valence-electron chi connectivity index (χ1n) is 25.0. The zero-order chi connectivity index (χ0) is 48.6. The van der Waals surface area contributed by atoms with Gasteiger partial charge in [-0.1, -0.05) is 98.5 Å². The van der Waals surface area contributed by atoms with Crippen molar-refractivity contribution >= 4 is 35.7 Å². The summed E-state index contributed by atoms with van der Waals surface area (Å²) in [6.45, 7) is 33.5. The van der Waals surface area contributed by atoms with Gasteiger partial charge in [0.2, 0.25) is 0 Å². The summed E-state index contributed by atoms with van der Waals surface area (Å²) in [6, 6.07) is 7.65. The zero-order valence-electron chi connectivity index (χ0n) is 43.4. The molecule has 9 heteroatoms. The molecular weight excluding hydrogens is 822 g/mol. The van der Waals surface area contributed by atoms with Gasteiger partial charge in [-0.25, -0.2) is 4.79 Å². The van der Waals surface area contributed by atoms with Gasteiger partial charge in [0.1, 0.15) is 18.0 Å². The van der Waals surface area contributed by atoms with Crippen LogP contribution in [-0.4, -0.2) is 60.0 Å². The van der Waals surface area contributed by atoms with E-state index in [-0.39, 0.29) is 52.9 Å². The minimum Gasteiger partial charge on any atom is -0.462 e. The highest BCUT2D eigenvalue weighted by atomic mass is 35.5. The lowest BCUT2D eigenvalue weighted by Gasteiger charge is -2.63. The minimum atomic E-state index is -0.707. The molecule has 0 spiro atoms. The number of allylic oxidation sites excluding steroid dienone is 2. The van der Waals surface area contributed by atoms with Crippen LogP contribution < -0.4 is 0 Å². The van der Waals surface area contributed by atoms with Gasteiger partial charge in [0.05, 0.1) is 12.0 Å². The average molecular weight is 913 g/mol. The zero-order valence-corrected chi connectivity index (χ0v) is 44.1. The van der Waals surface area contributed by atoms with E-state index in [1.807, 2.05) is 98.4 Å². The van der Waals surface area contributed by atoms with E-state index in [9.17, 15) is 19.2 Å². The summed E-state index contributed by atoms with van der Waals surface area (Å²) in [5.74, 6) is 3.25. The number of benzene rings is 1. The number of rotatable bonds is 10. The molecule has 1 aromatic rings. The first-order chi connectivity index (χ1) is 29.8. The number of methoxy groups -OCH3 is 1. The lowest BCUT2D eigenvalue weighted by Crippen LogP contribution is -2.56. The van der Waals surface area contributed by atoms with Gasteiger partial charge in [0, 0.05) is 42.5 Å². The number of ether oxygens (including phenoxy) is 3. The number of carbonyl (C=O) groups is 4. The number of hydrogen-bond donors (Lipinski definition) is 0. The molecular formula is C55H90ClNO7. The lowest BCUT2D eigenvalue weighted by molar-refractivity contribution is -0.173. The van der Waals surface area contributed by atoms with Gasteiger partial charge in [0.15, 0.2) is 5.78 Å². The molecule has 64 heavy (non-hydrogen) atoms. The number of esters is 1. The van der Waals surface area contributed by atoms with E-state index >= 15 is 0 Å².